The Hall–Kier alpha value is -2.90. The summed E-state index contributed by atoms with van der Waals surface area (Å²) in [7, 11) is 0. The molecule has 1 aromatic heterocycles. The summed E-state index contributed by atoms with van der Waals surface area (Å²) >= 11 is 0. The van der Waals surface area contributed by atoms with Crippen molar-refractivity contribution in [1.29, 1.82) is 0 Å². The second-order valence-electron chi connectivity index (χ2n) is 6.16. The lowest BCUT2D eigenvalue weighted by Crippen LogP contribution is -2.27. The standard InChI is InChI=1S/C17H18F2N2O4/c1-17(2,3)25-16(23)21-11-6-4-10(5-7-11)20-15(22)13-9-8-12(24-13)14(18)19/h4-9,14H,1-3H3,(H,20,22)(H,21,23). The van der Waals surface area contributed by atoms with E-state index in [1.165, 1.54) is 6.07 Å². The van der Waals surface area contributed by atoms with E-state index in [4.69, 9.17) is 9.15 Å². The Morgan fingerprint density at radius 1 is 1.00 bits per heavy atom. The molecule has 0 aliphatic carbocycles. The van der Waals surface area contributed by atoms with Crippen molar-refractivity contribution in [2.24, 2.45) is 0 Å². The highest BCUT2D eigenvalue weighted by Gasteiger charge is 2.17. The first-order valence-corrected chi connectivity index (χ1v) is 7.43. The number of hydrogen-bond donors (Lipinski definition) is 2. The number of anilines is 2. The predicted molar refractivity (Wildman–Crippen MR) is 87.9 cm³/mol. The van der Waals surface area contributed by atoms with Gasteiger partial charge in [-0.15, -0.1) is 0 Å². The molecule has 0 bridgehead atoms. The number of ether oxygens (including phenoxy) is 1. The molecule has 134 valence electrons. The summed E-state index contributed by atoms with van der Waals surface area (Å²) < 4.78 is 34.8. The Morgan fingerprint density at radius 3 is 2.04 bits per heavy atom. The summed E-state index contributed by atoms with van der Waals surface area (Å²) in [6, 6.07) is 8.43. The lowest BCUT2D eigenvalue weighted by atomic mass is 10.2. The van der Waals surface area contributed by atoms with E-state index >= 15 is 0 Å². The zero-order valence-corrected chi connectivity index (χ0v) is 13.9. The second kappa shape index (κ2) is 7.33. The van der Waals surface area contributed by atoms with Gasteiger partial charge in [-0.3, -0.25) is 10.1 Å². The topological polar surface area (TPSA) is 80.6 Å². The van der Waals surface area contributed by atoms with Crippen molar-refractivity contribution in [1.82, 2.24) is 0 Å². The van der Waals surface area contributed by atoms with Gasteiger partial charge in [0.05, 0.1) is 0 Å². The maximum atomic E-state index is 12.5. The highest BCUT2D eigenvalue weighted by atomic mass is 19.3. The van der Waals surface area contributed by atoms with Crippen LogP contribution >= 0.6 is 0 Å². The molecule has 0 saturated heterocycles. The van der Waals surface area contributed by atoms with E-state index in [-0.39, 0.29) is 5.76 Å². The molecule has 0 radical (unpaired) electrons. The zero-order valence-electron chi connectivity index (χ0n) is 13.9. The van der Waals surface area contributed by atoms with Gasteiger partial charge in [0.1, 0.15) is 5.60 Å². The van der Waals surface area contributed by atoms with Gasteiger partial charge in [-0.1, -0.05) is 0 Å². The fourth-order valence-corrected chi connectivity index (χ4v) is 1.84. The first-order valence-electron chi connectivity index (χ1n) is 7.43. The number of amides is 2. The number of alkyl halides is 2. The molecule has 0 atom stereocenters. The maximum Gasteiger partial charge on any atom is 0.412 e. The van der Waals surface area contributed by atoms with Crippen molar-refractivity contribution in [2.75, 3.05) is 10.6 Å². The molecular weight excluding hydrogens is 334 g/mol. The zero-order chi connectivity index (χ0) is 18.6. The number of benzene rings is 1. The van der Waals surface area contributed by atoms with Crippen LogP contribution in [0.25, 0.3) is 0 Å². The summed E-state index contributed by atoms with van der Waals surface area (Å²) in [5.41, 5.74) is 0.276. The fourth-order valence-electron chi connectivity index (χ4n) is 1.84. The van der Waals surface area contributed by atoms with Crippen LogP contribution in [-0.2, 0) is 4.74 Å². The Labute approximate surface area is 143 Å². The Morgan fingerprint density at radius 2 is 1.56 bits per heavy atom. The molecule has 0 aliphatic heterocycles. The van der Waals surface area contributed by atoms with E-state index in [0.717, 1.165) is 6.07 Å². The van der Waals surface area contributed by atoms with Crippen LogP contribution in [0.2, 0.25) is 0 Å². The Balaban J connectivity index is 1.95. The molecule has 2 amide bonds. The molecule has 25 heavy (non-hydrogen) atoms. The minimum atomic E-state index is -2.78. The van der Waals surface area contributed by atoms with Crippen LogP contribution in [0.3, 0.4) is 0 Å². The van der Waals surface area contributed by atoms with Crippen molar-refractivity contribution in [3.05, 3.63) is 47.9 Å². The number of hydrogen-bond acceptors (Lipinski definition) is 4. The van der Waals surface area contributed by atoms with E-state index in [9.17, 15) is 18.4 Å². The normalized spacial score (nSPS) is 11.3. The van der Waals surface area contributed by atoms with Crippen molar-refractivity contribution >= 4 is 23.4 Å². The first kappa shape index (κ1) is 18.4. The molecule has 2 N–H and O–H groups in total. The predicted octanol–water partition coefficient (Wildman–Crippen LogP) is 4.82. The van der Waals surface area contributed by atoms with Gasteiger partial charge in [0.25, 0.3) is 12.3 Å². The number of carbonyl (C=O) groups excluding carboxylic acids is 2. The Kier molecular flexibility index (Phi) is 5.41. The van der Waals surface area contributed by atoms with E-state index in [2.05, 4.69) is 10.6 Å². The molecule has 0 unspecified atom stereocenters. The van der Waals surface area contributed by atoms with Gasteiger partial charge >= 0.3 is 6.09 Å². The number of carbonyl (C=O) groups is 2. The summed E-state index contributed by atoms with van der Waals surface area (Å²) in [6.45, 7) is 5.25. The van der Waals surface area contributed by atoms with Crippen molar-refractivity contribution in [3.63, 3.8) is 0 Å². The van der Waals surface area contributed by atoms with Crippen molar-refractivity contribution in [3.8, 4) is 0 Å². The lowest BCUT2D eigenvalue weighted by Gasteiger charge is -2.19. The molecule has 6 nitrogen and oxygen atoms in total. The molecule has 0 saturated carbocycles. The van der Waals surface area contributed by atoms with Gasteiger partial charge in [-0.2, -0.15) is 0 Å². The third kappa shape index (κ3) is 5.59. The van der Waals surface area contributed by atoms with E-state index < -0.39 is 29.8 Å². The minimum Gasteiger partial charge on any atom is -0.450 e. The van der Waals surface area contributed by atoms with Crippen molar-refractivity contribution in [2.45, 2.75) is 32.8 Å². The Bertz CT molecular complexity index is 749. The van der Waals surface area contributed by atoms with Crippen molar-refractivity contribution < 1.29 is 27.5 Å². The maximum absolute atomic E-state index is 12.5. The third-order valence-electron chi connectivity index (χ3n) is 2.85. The molecule has 1 aromatic carbocycles. The second-order valence-corrected chi connectivity index (χ2v) is 6.16. The third-order valence-corrected chi connectivity index (χ3v) is 2.85. The summed E-state index contributed by atoms with van der Waals surface area (Å²) in [5, 5.41) is 5.06. The number of furan rings is 1. The molecule has 0 spiro atoms. The summed E-state index contributed by atoms with van der Waals surface area (Å²) in [5.74, 6) is -1.44. The quantitative estimate of drug-likeness (QED) is 0.827. The molecule has 2 aromatic rings. The first-order chi connectivity index (χ1) is 11.6. The monoisotopic (exact) mass is 352 g/mol. The molecule has 0 aliphatic rings. The number of nitrogens with one attached hydrogen (secondary N) is 2. The van der Waals surface area contributed by atoms with E-state index in [0.29, 0.717) is 11.4 Å². The fraction of sp³-hybridized carbons (Fsp3) is 0.294. The molecular formula is C17H18F2N2O4. The van der Waals surface area contributed by atoms with Crippen LogP contribution in [0, 0.1) is 0 Å². The van der Waals surface area contributed by atoms with Gasteiger partial charge < -0.3 is 14.5 Å². The molecule has 2 rings (SSSR count). The van der Waals surface area contributed by atoms with Crippen LogP contribution in [0.4, 0.5) is 25.0 Å². The number of halogens is 2. The largest absolute Gasteiger partial charge is 0.450 e. The van der Waals surface area contributed by atoms with Crippen LogP contribution < -0.4 is 10.6 Å². The highest BCUT2D eigenvalue weighted by molar-refractivity contribution is 6.02. The van der Waals surface area contributed by atoms with Crippen LogP contribution in [-0.4, -0.2) is 17.6 Å². The summed E-state index contributed by atoms with van der Waals surface area (Å²) in [4.78, 5) is 23.6. The smallest absolute Gasteiger partial charge is 0.412 e. The average molecular weight is 352 g/mol. The van der Waals surface area contributed by atoms with Gasteiger partial charge in [0.2, 0.25) is 0 Å². The van der Waals surface area contributed by atoms with Crippen LogP contribution in [0.1, 0.15) is 43.5 Å². The molecule has 1 heterocycles. The van der Waals surface area contributed by atoms with Crippen LogP contribution in [0.5, 0.6) is 0 Å². The SMILES string of the molecule is CC(C)(C)OC(=O)Nc1ccc(NC(=O)c2ccc(C(F)F)o2)cc1. The van der Waals surface area contributed by atoms with Crippen LogP contribution in [0.15, 0.2) is 40.8 Å². The van der Waals surface area contributed by atoms with Gasteiger partial charge in [-0.05, 0) is 57.2 Å². The average Bonchev–Trinajstić information content (AvgIpc) is 2.97. The van der Waals surface area contributed by atoms with E-state index in [1.807, 2.05) is 0 Å². The molecule has 0 fully saturated rings. The minimum absolute atomic E-state index is 0.216. The van der Waals surface area contributed by atoms with E-state index in [1.54, 1.807) is 45.0 Å². The number of rotatable bonds is 4. The van der Waals surface area contributed by atoms with Gasteiger partial charge in [-0.25, -0.2) is 13.6 Å². The summed E-state index contributed by atoms with van der Waals surface area (Å²) in [6.07, 6.45) is -3.38. The van der Waals surface area contributed by atoms with Gasteiger partial charge in [0, 0.05) is 11.4 Å². The highest BCUT2D eigenvalue weighted by Crippen LogP contribution is 2.22. The van der Waals surface area contributed by atoms with Gasteiger partial charge in [0.15, 0.2) is 11.5 Å². The lowest BCUT2D eigenvalue weighted by molar-refractivity contribution is 0.0635. The molecule has 8 heteroatoms.